The summed E-state index contributed by atoms with van der Waals surface area (Å²) in [6.07, 6.45) is 2.44. The lowest BCUT2D eigenvalue weighted by Gasteiger charge is -2.48. The van der Waals surface area contributed by atoms with E-state index in [1.54, 1.807) is 24.3 Å². The zero-order chi connectivity index (χ0) is 22.3. The SMILES string of the molecule is CC(C)CN1C(=O)c2ccccc2N2C(=O)CC[C@@]12C(=O)OCC(=O)N[C@H](C)C1CC1. The van der Waals surface area contributed by atoms with Crippen molar-refractivity contribution in [2.45, 2.75) is 58.2 Å². The molecule has 1 aromatic rings. The molecule has 31 heavy (non-hydrogen) atoms. The first-order valence-corrected chi connectivity index (χ1v) is 11.0. The van der Waals surface area contributed by atoms with Gasteiger partial charge >= 0.3 is 5.97 Å². The number of anilines is 1. The van der Waals surface area contributed by atoms with Crippen LogP contribution in [0.4, 0.5) is 5.69 Å². The van der Waals surface area contributed by atoms with Crippen molar-refractivity contribution in [1.29, 1.82) is 0 Å². The number of carbonyl (C=O) groups is 4. The molecule has 3 amide bonds. The van der Waals surface area contributed by atoms with Crippen molar-refractivity contribution in [3.63, 3.8) is 0 Å². The van der Waals surface area contributed by atoms with Gasteiger partial charge < -0.3 is 15.0 Å². The third-order valence-electron chi connectivity index (χ3n) is 6.30. The molecule has 0 bridgehead atoms. The standard InChI is InChI=1S/C23H29N3O5/c1-14(2)12-25-21(29)17-6-4-5-7-18(17)26-20(28)10-11-23(25,26)22(30)31-13-19(27)24-15(3)16-8-9-16/h4-7,14-16H,8-13H2,1-3H3,(H,24,27)/t15-,23-/m1/s1. The quantitative estimate of drug-likeness (QED) is 0.672. The van der Waals surface area contributed by atoms with Crippen molar-refractivity contribution in [3.8, 4) is 0 Å². The van der Waals surface area contributed by atoms with E-state index in [9.17, 15) is 19.2 Å². The lowest BCUT2D eigenvalue weighted by Crippen LogP contribution is -2.69. The van der Waals surface area contributed by atoms with Crippen molar-refractivity contribution in [2.24, 2.45) is 11.8 Å². The first-order chi connectivity index (χ1) is 14.8. The van der Waals surface area contributed by atoms with Crippen LogP contribution in [0.3, 0.4) is 0 Å². The maximum atomic E-state index is 13.4. The Morgan fingerprint density at radius 2 is 1.90 bits per heavy atom. The predicted molar refractivity (Wildman–Crippen MR) is 113 cm³/mol. The minimum absolute atomic E-state index is 0.0366. The molecule has 8 nitrogen and oxygen atoms in total. The lowest BCUT2D eigenvalue weighted by molar-refractivity contribution is -0.160. The number of esters is 1. The molecular weight excluding hydrogens is 398 g/mol. The molecule has 1 saturated carbocycles. The van der Waals surface area contributed by atoms with Crippen LogP contribution >= 0.6 is 0 Å². The molecule has 2 fully saturated rings. The van der Waals surface area contributed by atoms with Crippen LogP contribution in [0, 0.1) is 11.8 Å². The van der Waals surface area contributed by atoms with E-state index in [-0.39, 0.29) is 49.1 Å². The molecule has 4 rings (SSSR count). The molecule has 166 valence electrons. The smallest absolute Gasteiger partial charge is 0.354 e. The summed E-state index contributed by atoms with van der Waals surface area (Å²) in [5.41, 5.74) is -0.758. The van der Waals surface area contributed by atoms with Crippen molar-refractivity contribution < 1.29 is 23.9 Å². The molecule has 1 N–H and O–H groups in total. The number of nitrogens with one attached hydrogen (secondary N) is 1. The van der Waals surface area contributed by atoms with Gasteiger partial charge in [-0.25, -0.2) is 4.79 Å². The van der Waals surface area contributed by atoms with Crippen LogP contribution in [0.2, 0.25) is 0 Å². The number of hydrogen-bond donors (Lipinski definition) is 1. The second-order valence-corrected chi connectivity index (χ2v) is 9.14. The van der Waals surface area contributed by atoms with Crippen LogP contribution in [0.1, 0.15) is 56.8 Å². The molecule has 1 saturated heterocycles. The summed E-state index contributed by atoms with van der Waals surface area (Å²) in [5.74, 6) is -1.11. The second kappa shape index (κ2) is 7.98. The van der Waals surface area contributed by atoms with Crippen LogP contribution in [-0.4, -0.2) is 53.4 Å². The van der Waals surface area contributed by atoms with Gasteiger partial charge in [-0.3, -0.25) is 19.3 Å². The summed E-state index contributed by atoms with van der Waals surface area (Å²) >= 11 is 0. The summed E-state index contributed by atoms with van der Waals surface area (Å²) in [6.45, 7) is 5.68. The normalized spacial score (nSPS) is 23.5. The number of nitrogens with zero attached hydrogens (tertiary/aromatic N) is 2. The Bertz CT molecular complexity index is 926. The highest BCUT2D eigenvalue weighted by Gasteiger charge is 2.62. The topological polar surface area (TPSA) is 96.0 Å². The maximum Gasteiger partial charge on any atom is 0.354 e. The van der Waals surface area contributed by atoms with Gasteiger partial charge in [-0.1, -0.05) is 26.0 Å². The van der Waals surface area contributed by atoms with Crippen LogP contribution in [-0.2, 0) is 19.1 Å². The Labute approximate surface area is 181 Å². The molecule has 8 heteroatoms. The number of amides is 3. The molecule has 2 heterocycles. The van der Waals surface area contributed by atoms with E-state index in [0.29, 0.717) is 17.2 Å². The fraction of sp³-hybridized carbons (Fsp3) is 0.565. The van der Waals surface area contributed by atoms with E-state index >= 15 is 0 Å². The first-order valence-electron chi connectivity index (χ1n) is 11.0. The highest BCUT2D eigenvalue weighted by atomic mass is 16.5. The fourth-order valence-electron chi connectivity index (χ4n) is 4.62. The van der Waals surface area contributed by atoms with Crippen molar-refractivity contribution >= 4 is 29.4 Å². The van der Waals surface area contributed by atoms with Gasteiger partial charge in [0, 0.05) is 25.4 Å². The first kappa shape index (κ1) is 21.3. The Morgan fingerprint density at radius 3 is 2.58 bits per heavy atom. The Morgan fingerprint density at radius 1 is 1.19 bits per heavy atom. The van der Waals surface area contributed by atoms with Crippen molar-refractivity contribution in [2.75, 3.05) is 18.1 Å². The number of benzene rings is 1. The number of para-hydroxylation sites is 1. The van der Waals surface area contributed by atoms with E-state index in [0.717, 1.165) is 12.8 Å². The zero-order valence-electron chi connectivity index (χ0n) is 18.2. The van der Waals surface area contributed by atoms with Crippen LogP contribution in [0.15, 0.2) is 24.3 Å². The third kappa shape index (κ3) is 3.68. The highest BCUT2D eigenvalue weighted by Crippen LogP contribution is 2.45. The average Bonchev–Trinajstić information content (AvgIpc) is 3.52. The van der Waals surface area contributed by atoms with E-state index in [2.05, 4.69) is 5.32 Å². The van der Waals surface area contributed by atoms with Gasteiger partial charge in [0.25, 0.3) is 11.8 Å². The van der Waals surface area contributed by atoms with Gasteiger partial charge in [0.15, 0.2) is 6.61 Å². The monoisotopic (exact) mass is 427 g/mol. The molecular formula is C23H29N3O5. The minimum atomic E-state index is -1.56. The van der Waals surface area contributed by atoms with Crippen LogP contribution in [0.25, 0.3) is 0 Å². The predicted octanol–water partition coefficient (Wildman–Crippen LogP) is 2.08. The summed E-state index contributed by atoms with van der Waals surface area (Å²) in [5, 5.41) is 2.86. The van der Waals surface area contributed by atoms with Crippen LogP contribution < -0.4 is 10.2 Å². The number of rotatable bonds is 7. The molecule has 0 aromatic heterocycles. The molecule has 0 unspecified atom stereocenters. The van der Waals surface area contributed by atoms with Crippen LogP contribution in [0.5, 0.6) is 0 Å². The molecule has 1 aliphatic carbocycles. The van der Waals surface area contributed by atoms with Crippen molar-refractivity contribution in [3.05, 3.63) is 29.8 Å². The Balaban J connectivity index is 1.63. The summed E-state index contributed by atoms with van der Waals surface area (Å²) in [6, 6.07) is 6.85. The third-order valence-corrected chi connectivity index (χ3v) is 6.30. The van der Waals surface area contributed by atoms with E-state index < -0.39 is 18.2 Å². The number of ether oxygens (including phenoxy) is 1. The van der Waals surface area contributed by atoms with Gasteiger partial charge in [0.1, 0.15) is 0 Å². The van der Waals surface area contributed by atoms with Gasteiger partial charge in [-0.2, -0.15) is 0 Å². The highest BCUT2D eigenvalue weighted by molar-refractivity contribution is 6.15. The molecule has 1 aromatic carbocycles. The van der Waals surface area contributed by atoms with Gasteiger partial charge in [-0.15, -0.1) is 0 Å². The molecule has 0 radical (unpaired) electrons. The summed E-state index contributed by atoms with van der Waals surface area (Å²) < 4.78 is 5.43. The summed E-state index contributed by atoms with van der Waals surface area (Å²) in [7, 11) is 0. The van der Waals surface area contributed by atoms with Gasteiger partial charge in [0.05, 0.1) is 11.3 Å². The molecule has 3 aliphatic rings. The largest absolute Gasteiger partial charge is 0.452 e. The Hall–Kier alpha value is -2.90. The average molecular weight is 428 g/mol. The number of carbonyl (C=O) groups excluding carboxylic acids is 4. The maximum absolute atomic E-state index is 13.4. The van der Waals surface area contributed by atoms with Crippen molar-refractivity contribution in [1.82, 2.24) is 10.2 Å². The number of hydrogen-bond acceptors (Lipinski definition) is 5. The number of fused-ring (bicyclic) bond motifs is 3. The summed E-state index contributed by atoms with van der Waals surface area (Å²) in [4.78, 5) is 54.9. The Kier molecular flexibility index (Phi) is 5.49. The zero-order valence-corrected chi connectivity index (χ0v) is 18.2. The van der Waals surface area contributed by atoms with E-state index in [1.165, 1.54) is 9.80 Å². The molecule has 0 spiro atoms. The van der Waals surface area contributed by atoms with Gasteiger partial charge in [0.2, 0.25) is 11.6 Å². The molecule has 2 atom stereocenters. The van der Waals surface area contributed by atoms with E-state index in [4.69, 9.17) is 4.74 Å². The lowest BCUT2D eigenvalue weighted by atomic mass is 9.95. The fourth-order valence-corrected chi connectivity index (χ4v) is 4.62. The molecule has 2 aliphatic heterocycles. The van der Waals surface area contributed by atoms with E-state index in [1.807, 2.05) is 20.8 Å². The van der Waals surface area contributed by atoms with Gasteiger partial charge in [-0.05, 0) is 43.7 Å². The minimum Gasteiger partial charge on any atom is -0.452 e. The second-order valence-electron chi connectivity index (χ2n) is 9.14.